The zero-order valence-corrected chi connectivity index (χ0v) is 13.8. The summed E-state index contributed by atoms with van der Waals surface area (Å²) < 4.78 is 18.7. The van der Waals surface area contributed by atoms with E-state index in [1.54, 1.807) is 12.1 Å². The van der Waals surface area contributed by atoms with Crippen molar-refractivity contribution in [3.8, 4) is 5.75 Å². The molecule has 5 heteroatoms. The van der Waals surface area contributed by atoms with E-state index in [1.165, 1.54) is 12.1 Å². The van der Waals surface area contributed by atoms with Gasteiger partial charge in [0.15, 0.2) is 0 Å². The average molecular weight is 341 g/mol. The van der Waals surface area contributed by atoms with Gasteiger partial charge < -0.3 is 15.2 Å². The van der Waals surface area contributed by atoms with Crippen LogP contribution in [0.1, 0.15) is 30.4 Å². The summed E-state index contributed by atoms with van der Waals surface area (Å²) >= 11 is 0. The third-order valence-electron chi connectivity index (χ3n) is 5.28. The molecular weight excluding hydrogens is 321 g/mol. The van der Waals surface area contributed by atoms with Gasteiger partial charge in [0, 0.05) is 12.0 Å². The molecule has 2 aromatic carbocycles. The predicted molar refractivity (Wildman–Crippen MR) is 90.8 cm³/mol. The van der Waals surface area contributed by atoms with Crippen molar-refractivity contribution in [1.29, 1.82) is 0 Å². The first-order valence-electron chi connectivity index (χ1n) is 8.53. The maximum absolute atomic E-state index is 13.1. The van der Waals surface area contributed by atoms with Crippen LogP contribution in [0.25, 0.3) is 0 Å². The monoisotopic (exact) mass is 341 g/mol. The third kappa shape index (κ3) is 2.78. The Bertz CT molecular complexity index is 801. The molecule has 2 N–H and O–H groups in total. The van der Waals surface area contributed by atoms with Crippen LogP contribution in [0.4, 0.5) is 4.39 Å². The Balaban J connectivity index is 1.50. The number of ether oxygens (including phenoxy) is 1. The minimum Gasteiger partial charge on any atom is -0.493 e. The van der Waals surface area contributed by atoms with E-state index in [4.69, 9.17) is 4.74 Å². The highest BCUT2D eigenvalue weighted by molar-refractivity contribution is 5.91. The van der Waals surface area contributed by atoms with Crippen LogP contribution in [0.3, 0.4) is 0 Å². The maximum atomic E-state index is 13.1. The molecule has 0 saturated heterocycles. The number of hydrogen-bond donors (Lipinski definition) is 2. The highest BCUT2D eigenvalue weighted by atomic mass is 19.1. The number of aliphatic hydroxyl groups is 1. The molecule has 1 amide bonds. The van der Waals surface area contributed by atoms with E-state index in [0.717, 1.165) is 18.4 Å². The molecule has 4 rings (SSSR count). The summed E-state index contributed by atoms with van der Waals surface area (Å²) in [6.07, 6.45) is 1.90. The SMILES string of the molecule is O=C(NCC1(O)CCOc2ccccc21)C1(c2ccc(F)cc2)CC1. The quantitative estimate of drug-likeness (QED) is 0.899. The van der Waals surface area contributed by atoms with Crippen LogP contribution in [0.5, 0.6) is 5.75 Å². The van der Waals surface area contributed by atoms with Crippen molar-refractivity contribution in [2.24, 2.45) is 0 Å². The van der Waals surface area contributed by atoms with Crippen molar-refractivity contribution in [2.45, 2.75) is 30.3 Å². The van der Waals surface area contributed by atoms with Crippen LogP contribution in [0.2, 0.25) is 0 Å². The summed E-state index contributed by atoms with van der Waals surface area (Å²) in [5.41, 5.74) is -0.197. The van der Waals surface area contributed by atoms with Crippen LogP contribution < -0.4 is 10.1 Å². The fourth-order valence-corrected chi connectivity index (χ4v) is 3.56. The van der Waals surface area contributed by atoms with Gasteiger partial charge in [-0.2, -0.15) is 0 Å². The minimum atomic E-state index is -1.14. The van der Waals surface area contributed by atoms with Gasteiger partial charge in [-0.3, -0.25) is 4.79 Å². The molecule has 1 fully saturated rings. The average Bonchev–Trinajstić information content (AvgIpc) is 3.43. The second-order valence-electron chi connectivity index (χ2n) is 6.90. The summed E-state index contributed by atoms with van der Waals surface area (Å²) in [4.78, 5) is 12.8. The summed E-state index contributed by atoms with van der Waals surface area (Å²) in [7, 11) is 0. The zero-order chi connectivity index (χ0) is 17.5. The molecule has 1 atom stereocenters. The first-order chi connectivity index (χ1) is 12.0. The number of rotatable bonds is 4. The highest BCUT2D eigenvalue weighted by Gasteiger charge is 2.51. The lowest BCUT2D eigenvalue weighted by molar-refractivity contribution is -0.125. The van der Waals surface area contributed by atoms with Crippen molar-refractivity contribution < 1.29 is 19.0 Å². The number of carbonyl (C=O) groups is 1. The van der Waals surface area contributed by atoms with Crippen LogP contribution in [-0.2, 0) is 15.8 Å². The van der Waals surface area contributed by atoms with E-state index >= 15 is 0 Å². The Morgan fingerprint density at radius 1 is 1.12 bits per heavy atom. The molecule has 1 aliphatic carbocycles. The molecule has 1 unspecified atom stereocenters. The van der Waals surface area contributed by atoms with Gasteiger partial charge in [0.05, 0.1) is 18.6 Å². The molecule has 1 heterocycles. The number of benzene rings is 2. The molecule has 0 radical (unpaired) electrons. The minimum absolute atomic E-state index is 0.114. The fraction of sp³-hybridized carbons (Fsp3) is 0.350. The van der Waals surface area contributed by atoms with E-state index in [2.05, 4.69) is 5.32 Å². The van der Waals surface area contributed by atoms with Gasteiger partial charge in [-0.15, -0.1) is 0 Å². The van der Waals surface area contributed by atoms with Crippen molar-refractivity contribution >= 4 is 5.91 Å². The van der Waals surface area contributed by atoms with E-state index in [-0.39, 0.29) is 18.3 Å². The molecular formula is C20H20FNO3. The predicted octanol–water partition coefficient (Wildman–Crippen LogP) is 2.64. The first-order valence-corrected chi connectivity index (χ1v) is 8.53. The number of amides is 1. The van der Waals surface area contributed by atoms with Gasteiger partial charge >= 0.3 is 0 Å². The topological polar surface area (TPSA) is 58.6 Å². The van der Waals surface area contributed by atoms with Crippen molar-refractivity contribution in [2.75, 3.05) is 13.2 Å². The Kier molecular flexibility index (Phi) is 3.76. The molecule has 0 bridgehead atoms. The van der Waals surface area contributed by atoms with Gasteiger partial charge in [-0.25, -0.2) is 4.39 Å². The summed E-state index contributed by atoms with van der Waals surface area (Å²) in [5.74, 6) is 0.231. The lowest BCUT2D eigenvalue weighted by atomic mass is 9.87. The molecule has 1 aliphatic heterocycles. The number of carbonyl (C=O) groups excluding carboxylic acids is 1. The molecule has 4 nitrogen and oxygen atoms in total. The maximum Gasteiger partial charge on any atom is 0.230 e. The number of halogens is 1. The second-order valence-corrected chi connectivity index (χ2v) is 6.90. The van der Waals surface area contributed by atoms with Crippen molar-refractivity contribution in [3.63, 3.8) is 0 Å². The number of para-hydroxylation sites is 1. The molecule has 0 spiro atoms. The Morgan fingerprint density at radius 3 is 2.56 bits per heavy atom. The summed E-state index contributed by atoms with van der Waals surface area (Å²) in [6, 6.07) is 13.4. The molecule has 0 aromatic heterocycles. The smallest absolute Gasteiger partial charge is 0.230 e. The lowest BCUT2D eigenvalue weighted by Crippen LogP contribution is -2.46. The molecule has 1 saturated carbocycles. The van der Waals surface area contributed by atoms with Crippen LogP contribution in [0, 0.1) is 5.82 Å². The number of fused-ring (bicyclic) bond motifs is 1. The van der Waals surface area contributed by atoms with Gasteiger partial charge in [-0.05, 0) is 36.6 Å². The van der Waals surface area contributed by atoms with Gasteiger partial charge in [0.2, 0.25) is 5.91 Å². The molecule has 2 aliphatic rings. The van der Waals surface area contributed by atoms with E-state index < -0.39 is 11.0 Å². The third-order valence-corrected chi connectivity index (χ3v) is 5.28. The van der Waals surface area contributed by atoms with E-state index in [9.17, 15) is 14.3 Å². The van der Waals surface area contributed by atoms with E-state index in [1.807, 2.05) is 24.3 Å². The van der Waals surface area contributed by atoms with E-state index in [0.29, 0.717) is 24.3 Å². The van der Waals surface area contributed by atoms with Crippen LogP contribution >= 0.6 is 0 Å². The normalized spacial score (nSPS) is 23.3. The van der Waals surface area contributed by atoms with Crippen molar-refractivity contribution in [1.82, 2.24) is 5.32 Å². The van der Waals surface area contributed by atoms with Gasteiger partial charge in [0.1, 0.15) is 17.2 Å². The largest absolute Gasteiger partial charge is 0.493 e. The second kappa shape index (κ2) is 5.85. The van der Waals surface area contributed by atoms with Crippen molar-refractivity contribution in [3.05, 3.63) is 65.5 Å². The number of nitrogens with one attached hydrogen (secondary N) is 1. The lowest BCUT2D eigenvalue weighted by Gasteiger charge is -2.34. The first kappa shape index (κ1) is 16.1. The molecule has 130 valence electrons. The number of hydrogen-bond acceptors (Lipinski definition) is 3. The van der Waals surface area contributed by atoms with Crippen LogP contribution in [0.15, 0.2) is 48.5 Å². The standard InChI is InChI=1S/C20H20FNO3/c21-15-7-5-14(6-8-15)19(9-10-19)18(23)22-13-20(24)11-12-25-17-4-2-1-3-16(17)20/h1-8,24H,9-13H2,(H,22,23). The summed E-state index contributed by atoms with van der Waals surface area (Å²) in [5, 5.41) is 13.9. The highest BCUT2D eigenvalue weighted by Crippen LogP contribution is 2.48. The Hall–Kier alpha value is -2.40. The van der Waals surface area contributed by atoms with Gasteiger partial charge in [0.25, 0.3) is 0 Å². The Morgan fingerprint density at radius 2 is 1.84 bits per heavy atom. The van der Waals surface area contributed by atoms with Crippen LogP contribution in [-0.4, -0.2) is 24.2 Å². The summed E-state index contributed by atoms with van der Waals surface area (Å²) in [6.45, 7) is 0.543. The molecule has 25 heavy (non-hydrogen) atoms. The van der Waals surface area contributed by atoms with Gasteiger partial charge in [-0.1, -0.05) is 30.3 Å². The molecule has 2 aromatic rings. The fourth-order valence-electron chi connectivity index (χ4n) is 3.56. The Labute approximate surface area is 145 Å². The zero-order valence-electron chi connectivity index (χ0n) is 13.8.